The topological polar surface area (TPSA) is 69.5 Å². The van der Waals surface area contributed by atoms with Gasteiger partial charge in [-0.1, -0.05) is 0 Å². The van der Waals surface area contributed by atoms with Crippen LogP contribution in [0.1, 0.15) is 32.1 Å². The summed E-state index contributed by atoms with van der Waals surface area (Å²) >= 11 is 0. The molecule has 1 saturated carbocycles. The first-order valence-electron chi connectivity index (χ1n) is 8.58. The lowest BCUT2D eigenvalue weighted by Crippen LogP contribution is -2.47. The Morgan fingerprint density at radius 2 is 2.26 bits per heavy atom. The highest BCUT2D eigenvalue weighted by molar-refractivity contribution is 5.76. The fourth-order valence-electron chi connectivity index (χ4n) is 3.60. The van der Waals surface area contributed by atoms with Gasteiger partial charge in [-0.3, -0.25) is 9.48 Å². The molecule has 1 spiro atoms. The summed E-state index contributed by atoms with van der Waals surface area (Å²) in [6.45, 7) is 3.23. The lowest BCUT2D eigenvalue weighted by molar-refractivity contribution is -0.136. The van der Waals surface area contributed by atoms with E-state index in [2.05, 4.69) is 10.1 Å². The van der Waals surface area contributed by atoms with Gasteiger partial charge in [0.2, 0.25) is 5.91 Å². The van der Waals surface area contributed by atoms with E-state index in [1.807, 2.05) is 4.90 Å². The van der Waals surface area contributed by atoms with Gasteiger partial charge in [-0.25, -0.2) is 4.98 Å². The van der Waals surface area contributed by atoms with Crippen LogP contribution in [-0.2, 0) is 20.8 Å². The van der Waals surface area contributed by atoms with Gasteiger partial charge in [-0.15, -0.1) is 0 Å². The van der Waals surface area contributed by atoms with Crippen LogP contribution >= 0.6 is 0 Å². The maximum absolute atomic E-state index is 12.5. The monoisotopic (exact) mass is 320 g/mol. The molecule has 2 unspecified atom stereocenters. The fourth-order valence-corrected chi connectivity index (χ4v) is 3.60. The van der Waals surface area contributed by atoms with Gasteiger partial charge in [0.1, 0.15) is 18.3 Å². The van der Waals surface area contributed by atoms with Crippen LogP contribution in [-0.4, -0.2) is 63.6 Å². The van der Waals surface area contributed by atoms with Crippen molar-refractivity contribution >= 4 is 5.91 Å². The third-order valence-electron chi connectivity index (χ3n) is 5.06. The summed E-state index contributed by atoms with van der Waals surface area (Å²) in [5.41, 5.74) is -0.346. The largest absolute Gasteiger partial charge is 0.377 e. The molecule has 0 aromatic carbocycles. The Bertz CT molecular complexity index is 546. The quantitative estimate of drug-likeness (QED) is 0.823. The number of aromatic nitrogens is 3. The minimum Gasteiger partial charge on any atom is -0.377 e. The van der Waals surface area contributed by atoms with Crippen molar-refractivity contribution in [1.29, 1.82) is 0 Å². The molecule has 0 radical (unpaired) electrons. The number of rotatable bonds is 4. The second-order valence-corrected chi connectivity index (χ2v) is 7.09. The molecule has 2 atom stereocenters. The lowest BCUT2D eigenvalue weighted by atomic mass is 10.00. The van der Waals surface area contributed by atoms with Crippen LogP contribution in [0.2, 0.25) is 0 Å². The predicted molar refractivity (Wildman–Crippen MR) is 81.6 cm³/mol. The van der Waals surface area contributed by atoms with Gasteiger partial charge < -0.3 is 14.4 Å². The Morgan fingerprint density at radius 3 is 3.04 bits per heavy atom. The van der Waals surface area contributed by atoms with Crippen molar-refractivity contribution in [3.63, 3.8) is 0 Å². The second kappa shape index (κ2) is 6.20. The molecule has 7 nitrogen and oxygen atoms in total. The van der Waals surface area contributed by atoms with Crippen molar-refractivity contribution in [2.75, 3.05) is 26.3 Å². The molecule has 3 fully saturated rings. The van der Waals surface area contributed by atoms with Gasteiger partial charge in [0.15, 0.2) is 0 Å². The standard InChI is InChI=1S/C16H24N4O3/c21-15(7-13-1-2-13)19-5-6-22-10-16(9-19)4-3-14(23-16)8-20-12-17-11-18-20/h11-14H,1-10H2. The van der Waals surface area contributed by atoms with E-state index in [0.29, 0.717) is 45.2 Å². The maximum Gasteiger partial charge on any atom is 0.223 e. The van der Waals surface area contributed by atoms with Crippen molar-refractivity contribution in [3.8, 4) is 0 Å². The summed E-state index contributed by atoms with van der Waals surface area (Å²) < 4.78 is 13.9. The summed E-state index contributed by atoms with van der Waals surface area (Å²) in [6.07, 6.45) is 8.36. The molecular formula is C16H24N4O3. The van der Waals surface area contributed by atoms with Crippen molar-refractivity contribution < 1.29 is 14.3 Å². The van der Waals surface area contributed by atoms with Crippen molar-refractivity contribution in [1.82, 2.24) is 19.7 Å². The molecule has 0 N–H and O–H groups in total. The maximum atomic E-state index is 12.5. The summed E-state index contributed by atoms with van der Waals surface area (Å²) in [5, 5.41) is 4.14. The molecular weight excluding hydrogens is 296 g/mol. The van der Waals surface area contributed by atoms with Crippen LogP contribution in [0.4, 0.5) is 0 Å². The van der Waals surface area contributed by atoms with Gasteiger partial charge in [0.25, 0.3) is 0 Å². The smallest absolute Gasteiger partial charge is 0.223 e. The average molecular weight is 320 g/mol. The summed E-state index contributed by atoms with van der Waals surface area (Å²) in [4.78, 5) is 18.4. The Hall–Kier alpha value is -1.47. The van der Waals surface area contributed by atoms with Gasteiger partial charge in [0, 0.05) is 13.0 Å². The first kappa shape index (κ1) is 15.1. The predicted octanol–water partition coefficient (Wildman–Crippen LogP) is 0.855. The van der Waals surface area contributed by atoms with Gasteiger partial charge >= 0.3 is 0 Å². The number of nitrogens with zero attached hydrogens (tertiary/aromatic N) is 4. The van der Waals surface area contributed by atoms with Crippen LogP contribution in [0.25, 0.3) is 0 Å². The van der Waals surface area contributed by atoms with E-state index < -0.39 is 0 Å². The minimum atomic E-state index is -0.346. The van der Waals surface area contributed by atoms with Gasteiger partial charge in [-0.05, 0) is 31.6 Å². The minimum absolute atomic E-state index is 0.110. The lowest BCUT2D eigenvalue weighted by Gasteiger charge is -2.32. The molecule has 1 aromatic heterocycles. The molecule has 0 bridgehead atoms. The Kier molecular flexibility index (Phi) is 4.07. The molecule has 2 aliphatic heterocycles. The van der Waals surface area contributed by atoms with E-state index in [1.54, 1.807) is 11.0 Å². The molecule has 126 valence electrons. The molecule has 3 aliphatic rings. The number of hydrogen-bond acceptors (Lipinski definition) is 5. The van der Waals surface area contributed by atoms with E-state index in [-0.39, 0.29) is 17.6 Å². The molecule has 1 aromatic rings. The van der Waals surface area contributed by atoms with Crippen LogP contribution < -0.4 is 0 Å². The highest BCUT2D eigenvalue weighted by atomic mass is 16.6. The third kappa shape index (κ3) is 3.55. The highest BCUT2D eigenvalue weighted by Gasteiger charge is 2.44. The molecule has 1 aliphatic carbocycles. The second-order valence-electron chi connectivity index (χ2n) is 7.09. The van der Waals surface area contributed by atoms with E-state index in [0.717, 1.165) is 12.8 Å². The molecule has 7 heteroatoms. The van der Waals surface area contributed by atoms with Crippen LogP contribution in [0, 0.1) is 5.92 Å². The van der Waals surface area contributed by atoms with Crippen molar-refractivity contribution in [2.24, 2.45) is 5.92 Å². The van der Waals surface area contributed by atoms with Gasteiger partial charge in [0.05, 0.1) is 32.4 Å². The van der Waals surface area contributed by atoms with E-state index in [9.17, 15) is 4.79 Å². The molecule has 1 amide bonds. The number of carbonyl (C=O) groups excluding carboxylic acids is 1. The highest BCUT2D eigenvalue weighted by Crippen LogP contribution is 2.36. The first-order chi connectivity index (χ1) is 11.2. The fraction of sp³-hybridized carbons (Fsp3) is 0.812. The molecule has 3 heterocycles. The van der Waals surface area contributed by atoms with Crippen molar-refractivity contribution in [3.05, 3.63) is 12.7 Å². The van der Waals surface area contributed by atoms with E-state index in [1.165, 1.54) is 19.2 Å². The Labute approximate surface area is 135 Å². The van der Waals surface area contributed by atoms with Crippen LogP contribution in [0.5, 0.6) is 0 Å². The number of ether oxygens (including phenoxy) is 2. The normalized spacial score (nSPS) is 31.5. The molecule has 4 rings (SSSR count). The zero-order valence-electron chi connectivity index (χ0n) is 13.4. The summed E-state index contributed by atoms with van der Waals surface area (Å²) in [5.74, 6) is 0.882. The first-order valence-corrected chi connectivity index (χ1v) is 8.58. The number of hydrogen-bond donors (Lipinski definition) is 0. The average Bonchev–Trinajstić information content (AvgIpc) is 3.11. The number of carbonyl (C=O) groups is 1. The van der Waals surface area contributed by atoms with Gasteiger partial charge in [-0.2, -0.15) is 5.10 Å². The van der Waals surface area contributed by atoms with Crippen LogP contribution in [0.3, 0.4) is 0 Å². The zero-order valence-corrected chi connectivity index (χ0v) is 13.4. The Morgan fingerprint density at radius 1 is 1.35 bits per heavy atom. The van der Waals surface area contributed by atoms with Crippen molar-refractivity contribution in [2.45, 2.75) is 50.4 Å². The molecule has 23 heavy (non-hydrogen) atoms. The van der Waals surface area contributed by atoms with Crippen LogP contribution in [0.15, 0.2) is 12.7 Å². The van der Waals surface area contributed by atoms with E-state index >= 15 is 0 Å². The zero-order chi connectivity index (χ0) is 15.7. The SMILES string of the molecule is O=C(CC1CC1)N1CCOCC2(CCC(Cn3cncn3)O2)C1. The van der Waals surface area contributed by atoms with E-state index in [4.69, 9.17) is 9.47 Å². The number of amides is 1. The summed E-state index contributed by atoms with van der Waals surface area (Å²) in [6, 6.07) is 0. The third-order valence-corrected chi connectivity index (χ3v) is 5.06. The Balaban J connectivity index is 1.39. The summed E-state index contributed by atoms with van der Waals surface area (Å²) in [7, 11) is 0. The molecule has 2 saturated heterocycles.